The summed E-state index contributed by atoms with van der Waals surface area (Å²) in [6.45, 7) is 4.14. The topological polar surface area (TPSA) is 42.2 Å². The molecule has 0 aliphatic carbocycles. The number of carbonyl (C=O) groups is 1. The van der Waals surface area contributed by atoms with Crippen LogP contribution in [0.15, 0.2) is 38.1 Å². The summed E-state index contributed by atoms with van der Waals surface area (Å²) in [5, 5.41) is 2.59. The SMILES string of the molecule is Cc1cc(Br)c(-c2ccc(/C=C3/SC(=S)NC3=O)o2)cc1C. The highest BCUT2D eigenvalue weighted by atomic mass is 79.9. The van der Waals surface area contributed by atoms with Gasteiger partial charge in [-0.15, -0.1) is 0 Å². The van der Waals surface area contributed by atoms with Crippen LogP contribution in [0.25, 0.3) is 17.4 Å². The number of nitrogens with one attached hydrogen (secondary N) is 1. The summed E-state index contributed by atoms with van der Waals surface area (Å²) in [4.78, 5) is 12.2. The summed E-state index contributed by atoms with van der Waals surface area (Å²) in [7, 11) is 0. The van der Waals surface area contributed by atoms with Gasteiger partial charge in [0.05, 0.1) is 4.91 Å². The van der Waals surface area contributed by atoms with Gasteiger partial charge >= 0.3 is 0 Å². The summed E-state index contributed by atoms with van der Waals surface area (Å²) in [6.07, 6.45) is 1.71. The lowest BCUT2D eigenvalue weighted by Gasteiger charge is -2.06. The number of halogens is 1. The third-order valence-electron chi connectivity index (χ3n) is 3.39. The van der Waals surface area contributed by atoms with Crippen LogP contribution < -0.4 is 5.32 Å². The van der Waals surface area contributed by atoms with Crippen molar-refractivity contribution in [3.63, 3.8) is 0 Å². The first-order chi connectivity index (χ1) is 10.4. The van der Waals surface area contributed by atoms with E-state index in [9.17, 15) is 4.79 Å². The highest BCUT2D eigenvalue weighted by molar-refractivity contribution is 9.10. The Morgan fingerprint density at radius 2 is 2.00 bits per heavy atom. The standard InChI is InChI=1S/C16H12BrNO2S2/c1-8-5-11(12(17)6-9(8)2)13-4-3-10(20-13)7-14-15(19)18-16(21)22-14/h3-7H,1-2H3,(H,18,19,21)/b14-7+. The van der Waals surface area contributed by atoms with Gasteiger partial charge in [-0.2, -0.15) is 0 Å². The number of benzene rings is 1. The Balaban J connectivity index is 1.95. The van der Waals surface area contributed by atoms with Crippen molar-refractivity contribution in [2.75, 3.05) is 0 Å². The van der Waals surface area contributed by atoms with Crippen molar-refractivity contribution in [2.24, 2.45) is 0 Å². The second kappa shape index (κ2) is 6.02. The molecule has 0 saturated carbocycles. The molecule has 0 radical (unpaired) electrons. The van der Waals surface area contributed by atoms with E-state index in [1.54, 1.807) is 6.08 Å². The number of rotatable bonds is 2. The highest BCUT2D eigenvalue weighted by Crippen LogP contribution is 2.33. The fourth-order valence-corrected chi connectivity index (χ4v) is 3.77. The first-order valence-corrected chi connectivity index (χ1v) is 8.57. The molecule has 1 aliphatic heterocycles. The molecule has 0 spiro atoms. The molecule has 112 valence electrons. The number of hydrogen-bond donors (Lipinski definition) is 1. The summed E-state index contributed by atoms with van der Waals surface area (Å²) < 4.78 is 7.30. The number of thioether (sulfide) groups is 1. The van der Waals surface area contributed by atoms with E-state index in [1.165, 1.54) is 22.9 Å². The van der Waals surface area contributed by atoms with E-state index in [2.05, 4.69) is 47.2 Å². The average molecular weight is 394 g/mol. The molecule has 0 bridgehead atoms. The van der Waals surface area contributed by atoms with E-state index >= 15 is 0 Å². The van der Waals surface area contributed by atoms with Crippen molar-refractivity contribution in [1.82, 2.24) is 5.32 Å². The summed E-state index contributed by atoms with van der Waals surface area (Å²) >= 11 is 9.78. The maximum absolute atomic E-state index is 11.7. The zero-order chi connectivity index (χ0) is 15.9. The van der Waals surface area contributed by atoms with Gasteiger partial charge in [0.2, 0.25) is 0 Å². The van der Waals surface area contributed by atoms with Crippen LogP contribution in [0.4, 0.5) is 0 Å². The zero-order valence-corrected chi connectivity index (χ0v) is 15.1. The number of carbonyl (C=O) groups excluding carboxylic acids is 1. The molecular weight excluding hydrogens is 382 g/mol. The quantitative estimate of drug-likeness (QED) is 0.586. The normalized spacial score (nSPS) is 16.4. The molecule has 1 aromatic carbocycles. The molecular formula is C16H12BrNO2S2. The minimum Gasteiger partial charge on any atom is -0.457 e. The molecule has 2 heterocycles. The zero-order valence-electron chi connectivity index (χ0n) is 11.9. The van der Waals surface area contributed by atoms with Gasteiger partial charge in [-0.3, -0.25) is 4.79 Å². The Hall–Kier alpha value is -1.37. The third-order valence-corrected chi connectivity index (χ3v) is 5.21. The minimum absolute atomic E-state index is 0.180. The van der Waals surface area contributed by atoms with Crippen molar-refractivity contribution in [1.29, 1.82) is 0 Å². The molecule has 3 rings (SSSR count). The molecule has 1 N–H and O–H groups in total. The van der Waals surface area contributed by atoms with Crippen molar-refractivity contribution in [2.45, 2.75) is 13.8 Å². The summed E-state index contributed by atoms with van der Waals surface area (Å²) in [5.74, 6) is 1.20. The van der Waals surface area contributed by atoms with E-state index in [-0.39, 0.29) is 5.91 Å². The largest absolute Gasteiger partial charge is 0.457 e. The van der Waals surface area contributed by atoms with Gasteiger partial charge < -0.3 is 9.73 Å². The van der Waals surface area contributed by atoms with Gasteiger partial charge in [0, 0.05) is 16.1 Å². The van der Waals surface area contributed by atoms with Crippen LogP contribution in [0.1, 0.15) is 16.9 Å². The monoisotopic (exact) mass is 393 g/mol. The molecule has 0 unspecified atom stereocenters. The highest BCUT2D eigenvalue weighted by Gasteiger charge is 2.22. The Kier molecular flexibility index (Phi) is 4.25. The summed E-state index contributed by atoms with van der Waals surface area (Å²) in [6, 6.07) is 7.90. The molecule has 22 heavy (non-hydrogen) atoms. The fourth-order valence-electron chi connectivity index (χ4n) is 2.10. The van der Waals surface area contributed by atoms with Crippen LogP contribution >= 0.6 is 39.9 Å². The van der Waals surface area contributed by atoms with Crippen LogP contribution in [0.2, 0.25) is 0 Å². The Bertz CT molecular complexity index is 824. The van der Waals surface area contributed by atoms with Gasteiger partial charge in [-0.25, -0.2) is 0 Å². The second-order valence-electron chi connectivity index (χ2n) is 4.97. The van der Waals surface area contributed by atoms with Gasteiger partial charge in [-0.05, 0) is 49.2 Å². The number of amides is 1. The maximum Gasteiger partial charge on any atom is 0.263 e. The molecule has 1 amide bonds. The molecule has 1 saturated heterocycles. The predicted octanol–water partition coefficient (Wildman–Crippen LogP) is 4.81. The van der Waals surface area contributed by atoms with Gasteiger partial charge in [-0.1, -0.05) is 39.9 Å². The van der Waals surface area contributed by atoms with Crippen LogP contribution in [0, 0.1) is 13.8 Å². The molecule has 0 atom stereocenters. The number of furan rings is 1. The lowest BCUT2D eigenvalue weighted by atomic mass is 10.1. The van der Waals surface area contributed by atoms with Crippen LogP contribution in [0.3, 0.4) is 0 Å². The third kappa shape index (κ3) is 3.04. The molecule has 2 aromatic rings. The van der Waals surface area contributed by atoms with Crippen LogP contribution in [0.5, 0.6) is 0 Å². The first-order valence-electron chi connectivity index (χ1n) is 6.56. The molecule has 1 aliphatic rings. The Morgan fingerprint density at radius 3 is 2.68 bits per heavy atom. The number of hydrogen-bond acceptors (Lipinski definition) is 4. The van der Waals surface area contributed by atoms with Crippen molar-refractivity contribution >= 4 is 56.2 Å². The number of thiocarbonyl (C=S) groups is 1. The van der Waals surface area contributed by atoms with E-state index in [1.807, 2.05) is 12.1 Å². The lowest BCUT2D eigenvalue weighted by Crippen LogP contribution is -2.17. The minimum atomic E-state index is -0.180. The Labute approximate surface area is 146 Å². The van der Waals surface area contributed by atoms with Crippen molar-refractivity contribution < 1.29 is 9.21 Å². The van der Waals surface area contributed by atoms with Gasteiger partial charge in [0.15, 0.2) is 0 Å². The van der Waals surface area contributed by atoms with Crippen molar-refractivity contribution in [3.05, 3.63) is 50.5 Å². The molecule has 3 nitrogen and oxygen atoms in total. The van der Waals surface area contributed by atoms with Gasteiger partial charge in [0.25, 0.3) is 5.91 Å². The van der Waals surface area contributed by atoms with Crippen LogP contribution in [-0.4, -0.2) is 10.2 Å². The Morgan fingerprint density at radius 1 is 1.27 bits per heavy atom. The van der Waals surface area contributed by atoms with E-state index < -0.39 is 0 Å². The lowest BCUT2D eigenvalue weighted by molar-refractivity contribution is -0.115. The first kappa shape index (κ1) is 15.5. The smallest absolute Gasteiger partial charge is 0.263 e. The number of aryl methyl sites for hydroxylation is 2. The predicted molar refractivity (Wildman–Crippen MR) is 97.6 cm³/mol. The molecule has 1 aromatic heterocycles. The fraction of sp³-hybridized carbons (Fsp3) is 0.125. The van der Waals surface area contributed by atoms with Gasteiger partial charge in [0.1, 0.15) is 15.8 Å². The van der Waals surface area contributed by atoms with Crippen molar-refractivity contribution in [3.8, 4) is 11.3 Å². The van der Waals surface area contributed by atoms with E-state index in [4.69, 9.17) is 16.6 Å². The van der Waals surface area contributed by atoms with E-state index in [0.29, 0.717) is 15.0 Å². The second-order valence-corrected chi connectivity index (χ2v) is 7.54. The van der Waals surface area contributed by atoms with Crippen LogP contribution in [-0.2, 0) is 4.79 Å². The maximum atomic E-state index is 11.7. The summed E-state index contributed by atoms with van der Waals surface area (Å²) in [5.41, 5.74) is 3.41. The molecule has 1 fully saturated rings. The average Bonchev–Trinajstić information content (AvgIpc) is 3.02. The van der Waals surface area contributed by atoms with E-state index in [0.717, 1.165) is 15.8 Å². The molecule has 6 heteroatoms.